The Morgan fingerprint density at radius 3 is 2.50 bits per heavy atom. The second kappa shape index (κ2) is 6.52. The van der Waals surface area contributed by atoms with Crippen LogP contribution in [0.1, 0.15) is 22.8 Å². The molecule has 1 N–H and O–H groups in total. The summed E-state index contributed by atoms with van der Waals surface area (Å²) in [6.07, 6.45) is 0. The number of benzene rings is 1. The molecule has 0 atom stereocenters. The van der Waals surface area contributed by atoms with E-state index in [1.807, 2.05) is 36.1 Å². The zero-order chi connectivity index (χ0) is 12.8. The van der Waals surface area contributed by atoms with Gasteiger partial charge < -0.3 is 15.0 Å². The van der Waals surface area contributed by atoms with Crippen LogP contribution < -0.4 is 5.32 Å². The highest BCUT2D eigenvalue weighted by atomic mass is 16.5. The number of carbonyl (C=O) groups excluding carboxylic acids is 1. The Bertz CT molecular complexity index is 391. The monoisotopic (exact) mass is 248 g/mol. The van der Waals surface area contributed by atoms with Crippen LogP contribution in [0.5, 0.6) is 0 Å². The van der Waals surface area contributed by atoms with Gasteiger partial charge in [0.2, 0.25) is 0 Å². The minimum Gasteiger partial charge on any atom is -0.379 e. The van der Waals surface area contributed by atoms with Gasteiger partial charge in [-0.15, -0.1) is 0 Å². The smallest absolute Gasteiger partial charge is 0.254 e. The molecule has 18 heavy (non-hydrogen) atoms. The van der Waals surface area contributed by atoms with E-state index in [0.29, 0.717) is 0 Å². The van der Waals surface area contributed by atoms with Crippen molar-refractivity contribution >= 4 is 5.91 Å². The van der Waals surface area contributed by atoms with Gasteiger partial charge in [-0.25, -0.2) is 0 Å². The van der Waals surface area contributed by atoms with Crippen molar-refractivity contribution in [3.63, 3.8) is 0 Å². The maximum atomic E-state index is 11.6. The summed E-state index contributed by atoms with van der Waals surface area (Å²) in [6.45, 7) is 7.42. The summed E-state index contributed by atoms with van der Waals surface area (Å²) in [5.74, 6) is 0.174. The fraction of sp³-hybridized carbons (Fsp3) is 0.500. The summed E-state index contributed by atoms with van der Waals surface area (Å²) in [6, 6.07) is 7.80. The van der Waals surface area contributed by atoms with E-state index in [9.17, 15) is 4.79 Å². The van der Waals surface area contributed by atoms with Crippen LogP contribution in [-0.2, 0) is 11.3 Å². The highest BCUT2D eigenvalue weighted by Crippen LogP contribution is 2.21. The number of carbonyl (C=O) groups is 1. The molecule has 2 aliphatic heterocycles. The van der Waals surface area contributed by atoms with E-state index in [0.717, 1.165) is 50.5 Å². The molecule has 0 aromatic heterocycles. The van der Waals surface area contributed by atoms with Crippen molar-refractivity contribution in [2.75, 3.05) is 32.8 Å². The average molecular weight is 248 g/mol. The first-order valence-electron chi connectivity index (χ1n) is 6.48. The van der Waals surface area contributed by atoms with Gasteiger partial charge in [0.25, 0.3) is 5.91 Å². The lowest BCUT2D eigenvalue weighted by Crippen LogP contribution is -2.30. The summed E-state index contributed by atoms with van der Waals surface area (Å²) < 4.78 is 5.01. The number of ether oxygens (including phenoxy) is 1. The number of hydrogen-bond acceptors (Lipinski definition) is 3. The van der Waals surface area contributed by atoms with Crippen LogP contribution in [0.3, 0.4) is 0 Å². The van der Waals surface area contributed by atoms with Crippen LogP contribution in [0.2, 0.25) is 0 Å². The van der Waals surface area contributed by atoms with Gasteiger partial charge in [0, 0.05) is 31.7 Å². The predicted molar refractivity (Wildman–Crippen MR) is 70.5 cm³/mol. The molecule has 0 spiro atoms. The number of nitrogens with zero attached hydrogens (tertiary/aromatic N) is 1. The molecule has 1 amide bonds. The molecule has 98 valence electrons. The van der Waals surface area contributed by atoms with E-state index < -0.39 is 0 Å². The fourth-order valence-corrected chi connectivity index (χ4v) is 2.09. The van der Waals surface area contributed by atoms with Crippen molar-refractivity contribution in [3.05, 3.63) is 35.4 Å². The molecule has 0 radical (unpaired) electrons. The molecule has 0 bridgehead atoms. The fourth-order valence-electron chi connectivity index (χ4n) is 2.09. The van der Waals surface area contributed by atoms with E-state index in [2.05, 4.69) is 5.32 Å². The van der Waals surface area contributed by atoms with E-state index in [1.165, 1.54) is 0 Å². The van der Waals surface area contributed by atoms with E-state index in [4.69, 9.17) is 4.74 Å². The zero-order valence-corrected chi connectivity index (χ0v) is 10.8. The first-order chi connectivity index (χ1) is 8.83. The molecule has 2 heterocycles. The molecule has 0 unspecified atom stereocenters. The molecule has 1 fully saturated rings. The number of morpholine rings is 1. The molecule has 1 saturated heterocycles. The molecular weight excluding hydrogens is 228 g/mol. The zero-order valence-electron chi connectivity index (χ0n) is 10.8. The molecule has 0 saturated carbocycles. The second-order valence-electron chi connectivity index (χ2n) is 4.34. The Hall–Kier alpha value is -1.39. The summed E-state index contributed by atoms with van der Waals surface area (Å²) >= 11 is 0. The maximum absolute atomic E-state index is 11.6. The number of fused-ring (bicyclic) bond motifs is 1. The van der Waals surface area contributed by atoms with Crippen LogP contribution in [0.15, 0.2) is 24.3 Å². The van der Waals surface area contributed by atoms with Gasteiger partial charge in [0.15, 0.2) is 0 Å². The Balaban J connectivity index is 0.000000169. The van der Waals surface area contributed by atoms with Crippen molar-refractivity contribution in [2.24, 2.45) is 0 Å². The van der Waals surface area contributed by atoms with Crippen molar-refractivity contribution in [3.8, 4) is 0 Å². The number of rotatable bonds is 1. The minimum absolute atomic E-state index is 0.174. The molecule has 4 nitrogen and oxygen atoms in total. The van der Waals surface area contributed by atoms with Crippen molar-refractivity contribution < 1.29 is 9.53 Å². The number of nitrogens with one attached hydrogen (secondary N) is 1. The lowest BCUT2D eigenvalue weighted by Gasteiger charge is -2.10. The van der Waals surface area contributed by atoms with Crippen LogP contribution in [-0.4, -0.2) is 43.7 Å². The van der Waals surface area contributed by atoms with Crippen molar-refractivity contribution in [2.45, 2.75) is 13.5 Å². The average Bonchev–Trinajstić information content (AvgIpc) is 2.79. The van der Waals surface area contributed by atoms with Gasteiger partial charge in [-0.1, -0.05) is 18.2 Å². The second-order valence-corrected chi connectivity index (χ2v) is 4.34. The van der Waals surface area contributed by atoms with Crippen LogP contribution in [0, 0.1) is 0 Å². The van der Waals surface area contributed by atoms with Crippen LogP contribution >= 0.6 is 0 Å². The third kappa shape index (κ3) is 3.09. The SMILES string of the molecule is C1COCCN1.CCN1Cc2ccccc2C1=O. The highest BCUT2D eigenvalue weighted by molar-refractivity contribution is 5.98. The number of amides is 1. The van der Waals surface area contributed by atoms with E-state index in [1.54, 1.807) is 0 Å². The minimum atomic E-state index is 0.174. The lowest BCUT2D eigenvalue weighted by atomic mass is 10.1. The molecule has 3 rings (SSSR count). The topological polar surface area (TPSA) is 41.6 Å². The van der Waals surface area contributed by atoms with Gasteiger partial charge in [-0.3, -0.25) is 4.79 Å². The third-order valence-corrected chi connectivity index (χ3v) is 3.12. The quantitative estimate of drug-likeness (QED) is 0.813. The normalized spacial score (nSPS) is 18.1. The lowest BCUT2D eigenvalue weighted by molar-refractivity contribution is 0.0787. The molecule has 1 aromatic carbocycles. The molecular formula is C14H20N2O2. The Labute approximate surface area is 108 Å². The van der Waals surface area contributed by atoms with Gasteiger partial charge in [0.1, 0.15) is 0 Å². The first kappa shape index (κ1) is 13.1. The van der Waals surface area contributed by atoms with E-state index in [-0.39, 0.29) is 5.91 Å². The van der Waals surface area contributed by atoms with Gasteiger partial charge in [-0.2, -0.15) is 0 Å². The van der Waals surface area contributed by atoms with Gasteiger partial charge in [-0.05, 0) is 18.6 Å². The number of hydrogen-bond donors (Lipinski definition) is 1. The van der Waals surface area contributed by atoms with Crippen molar-refractivity contribution in [1.29, 1.82) is 0 Å². The maximum Gasteiger partial charge on any atom is 0.254 e. The molecule has 0 aliphatic carbocycles. The molecule has 1 aromatic rings. The van der Waals surface area contributed by atoms with Crippen LogP contribution in [0.25, 0.3) is 0 Å². The largest absolute Gasteiger partial charge is 0.379 e. The van der Waals surface area contributed by atoms with Gasteiger partial charge >= 0.3 is 0 Å². The summed E-state index contributed by atoms with van der Waals surface area (Å²) in [5, 5.41) is 3.16. The third-order valence-electron chi connectivity index (χ3n) is 3.12. The Kier molecular flexibility index (Phi) is 4.73. The molecule has 4 heteroatoms. The molecule has 2 aliphatic rings. The summed E-state index contributed by atoms with van der Waals surface area (Å²) in [5.41, 5.74) is 2.03. The summed E-state index contributed by atoms with van der Waals surface area (Å²) in [7, 11) is 0. The van der Waals surface area contributed by atoms with Crippen molar-refractivity contribution in [1.82, 2.24) is 10.2 Å². The Morgan fingerprint density at radius 1 is 1.28 bits per heavy atom. The predicted octanol–water partition coefficient (Wildman–Crippen LogP) is 1.27. The highest BCUT2D eigenvalue weighted by Gasteiger charge is 2.24. The van der Waals surface area contributed by atoms with Gasteiger partial charge in [0.05, 0.1) is 13.2 Å². The Morgan fingerprint density at radius 2 is 2.00 bits per heavy atom. The van der Waals surface area contributed by atoms with E-state index >= 15 is 0 Å². The van der Waals surface area contributed by atoms with Crippen LogP contribution in [0.4, 0.5) is 0 Å². The summed E-state index contributed by atoms with van der Waals surface area (Å²) in [4.78, 5) is 13.4. The standard InChI is InChI=1S/C10H11NO.C4H9NO/c1-2-11-7-8-5-3-4-6-9(8)10(11)12;1-3-6-4-2-5-1/h3-6H,2,7H2,1H3;5H,1-4H2. The first-order valence-corrected chi connectivity index (χ1v) is 6.48.